The fraction of sp³-hybridized carbons (Fsp3) is 0.600. The van der Waals surface area contributed by atoms with Crippen LogP contribution in [-0.4, -0.2) is 66.1 Å². The summed E-state index contributed by atoms with van der Waals surface area (Å²) in [5.74, 6) is 0.580. The Morgan fingerprint density at radius 3 is 2.85 bits per heavy atom. The van der Waals surface area contributed by atoms with Crippen LogP contribution in [0.3, 0.4) is 0 Å². The Hall–Kier alpha value is -2.75. The van der Waals surface area contributed by atoms with Crippen molar-refractivity contribution >= 4 is 11.8 Å². The molecule has 1 saturated heterocycles. The molecule has 6 rings (SSSR count). The van der Waals surface area contributed by atoms with Crippen LogP contribution >= 0.6 is 0 Å². The van der Waals surface area contributed by atoms with Crippen molar-refractivity contribution in [3.05, 3.63) is 52.0 Å². The minimum Gasteiger partial charge on any atom is -0.496 e. The number of ether oxygens (including phenoxy) is 3. The van der Waals surface area contributed by atoms with Crippen molar-refractivity contribution in [3.63, 3.8) is 0 Å². The number of hydrogen-bond donors (Lipinski definition) is 2. The molecule has 9 heteroatoms. The molecule has 210 valence electrons. The standard InChI is InChI=1S/C30H38FN3O5/c1-18-8-9-23-25(37-3)15-21(33-28(23)32-18)7-5-4-6-11-38-22-16-34(17-22)27(29(35)36)24-14-20(31)13-19-10-12-39-30(34,2)26(19)24/h13-15,18,22,27H,4-12,16-17H2,1-3H3,(H-,32,33,35,36)/p+1. The first-order chi connectivity index (χ1) is 18.8. The molecule has 1 fully saturated rings. The summed E-state index contributed by atoms with van der Waals surface area (Å²) in [6, 6.07) is 4.60. The zero-order valence-electron chi connectivity index (χ0n) is 23.1. The number of aliphatic carboxylic acids is 1. The first-order valence-corrected chi connectivity index (χ1v) is 14.3. The first-order valence-electron chi connectivity index (χ1n) is 14.3. The monoisotopic (exact) mass is 540 g/mol. The Bertz CT molecular complexity index is 1280. The van der Waals surface area contributed by atoms with E-state index >= 15 is 0 Å². The van der Waals surface area contributed by atoms with Crippen LogP contribution in [0.15, 0.2) is 18.2 Å². The van der Waals surface area contributed by atoms with Gasteiger partial charge in [-0.3, -0.25) is 4.48 Å². The molecule has 8 nitrogen and oxygen atoms in total. The fourth-order valence-corrected chi connectivity index (χ4v) is 7.41. The molecular formula is C30H39FN3O5+. The Balaban J connectivity index is 1.02. The lowest BCUT2D eigenvalue weighted by atomic mass is 9.90. The maximum atomic E-state index is 14.4. The zero-order chi connectivity index (χ0) is 27.4. The molecule has 2 N–H and O–H groups in total. The minimum absolute atomic E-state index is 0.0311. The second-order valence-corrected chi connectivity index (χ2v) is 11.8. The van der Waals surface area contributed by atoms with Gasteiger partial charge in [0.1, 0.15) is 30.5 Å². The number of aromatic nitrogens is 1. The van der Waals surface area contributed by atoms with Crippen molar-refractivity contribution in [3.8, 4) is 5.75 Å². The Labute approximate surface area is 229 Å². The predicted molar refractivity (Wildman–Crippen MR) is 143 cm³/mol. The number of aryl methyl sites for hydroxylation is 1. The van der Waals surface area contributed by atoms with Gasteiger partial charge >= 0.3 is 5.97 Å². The van der Waals surface area contributed by atoms with Crippen LogP contribution in [0, 0.1) is 5.82 Å². The molecule has 0 saturated carbocycles. The number of benzene rings is 1. The van der Waals surface area contributed by atoms with E-state index in [4.69, 9.17) is 19.2 Å². The van der Waals surface area contributed by atoms with Crippen molar-refractivity contribution < 1.29 is 33.0 Å². The Kier molecular flexibility index (Phi) is 6.80. The van der Waals surface area contributed by atoms with Crippen molar-refractivity contribution in [1.82, 2.24) is 4.98 Å². The van der Waals surface area contributed by atoms with E-state index in [1.54, 1.807) is 13.2 Å². The van der Waals surface area contributed by atoms with E-state index in [2.05, 4.69) is 18.3 Å². The van der Waals surface area contributed by atoms with Crippen LogP contribution in [0.4, 0.5) is 10.2 Å². The maximum absolute atomic E-state index is 14.4. The molecule has 1 aromatic carbocycles. The molecule has 1 spiro atoms. The van der Waals surface area contributed by atoms with Gasteiger partial charge in [0, 0.05) is 42.5 Å². The van der Waals surface area contributed by atoms with Crippen LogP contribution in [0.25, 0.3) is 0 Å². The summed E-state index contributed by atoms with van der Waals surface area (Å²) in [7, 11) is 1.72. The van der Waals surface area contributed by atoms with E-state index in [1.807, 2.05) is 6.92 Å². The summed E-state index contributed by atoms with van der Waals surface area (Å²) in [6.45, 7) is 6.35. The molecule has 5 heterocycles. The molecule has 0 aliphatic carbocycles. The second-order valence-electron chi connectivity index (χ2n) is 11.8. The predicted octanol–water partition coefficient (Wildman–Crippen LogP) is 4.49. The first kappa shape index (κ1) is 26.5. The number of halogens is 1. The fourth-order valence-electron chi connectivity index (χ4n) is 7.41. The molecule has 4 aliphatic heterocycles. The molecule has 0 bridgehead atoms. The average molecular weight is 541 g/mol. The number of nitrogens with zero attached hydrogens (tertiary/aromatic N) is 2. The number of carboxylic acid groups (broad SMARTS) is 1. The number of unbranched alkanes of at least 4 members (excludes halogenated alkanes) is 2. The third-order valence-corrected chi connectivity index (χ3v) is 9.36. The van der Waals surface area contributed by atoms with Crippen molar-refractivity contribution in [2.45, 2.75) is 82.7 Å². The molecule has 0 amide bonds. The van der Waals surface area contributed by atoms with E-state index in [0.29, 0.717) is 44.3 Å². The third kappa shape index (κ3) is 4.30. The third-order valence-electron chi connectivity index (χ3n) is 9.36. The zero-order valence-corrected chi connectivity index (χ0v) is 23.1. The quantitative estimate of drug-likeness (QED) is 0.358. The minimum atomic E-state index is -0.933. The Morgan fingerprint density at radius 2 is 2.08 bits per heavy atom. The normalized spacial score (nSPS) is 30.3. The molecule has 4 aliphatic rings. The highest BCUT2D eigenvalue weighted by molar-refractivity contribution is 5.76. The number of anilines is 1. The highest BCUT2D eigenvalue weighted by Gasteiger charge is 2.71. The van der Waals surface area contributed by atoms with Crippen LogP contribution < -0.4 is 10.1 Å². The van der Waals surface area contributed by atoms with E-state index in [-0.39, 0.29) is 16.4 Å². The molecule has 39 heavy (non-hydrogen) atoms. The highest BCUT2D eigenvalue weighted by Crippen LogP contribution is 2.59. The molecule has 0 radical (unpaired) electrons. The SMILES string of the molecule is COc1cc(CCCCCOC2C[N+]3(C2)C(C(=O)O)c2cc(F)cc4c2C3(C)OCC4)nc2c1CCC(C)N2. The molecule has 2 aromatic rings. The number of nitrogens with one attached hydrogen (secondary N) is 1. The van der Waals surface area contributed by atoms with Crippen molar-refractivity contribution in [2.75, 3.05) is 38.7 Å². The van der Waals surface area contributed by atoms with E-state index in [9.17, 15) is 14.3 Å². The average Bonchev–Trinajstić information content (AvgIpc) is 3.10. The number of hydrogen-bond acceptors (Lipinski definition) is 6. The second kappa shape index (κ2) is 10.0. The van der Waals surface area contributed by atoms with Gasteiger partial charge in [0.05, 0.1) is 19.3 Å². The maximum Gasteiger partial charge on any atom is 0.367 e. The highest BCUT2D eigenvalue weighted by atomic mass is 19.1. The van der Waals surface area contributed by atoms with Gasteiger partial charge in [-0.15, -0.1) is 0 Å². The molecule has 3 unspecified atom stereocenters. The van der Waals surface area contributed by atoms with Gasteiger partial charge in [0.2, 0.25) is 11.8 Å². The summed E-state index contributed by atoms with van der Waals surface area (Å²) in [4.78, 5) is 17.3. The largest absolute Gasteiger partial charge is 0.496 e. The van der Waals surface area contributed by atoms with Crippen LogP contribution in [0.5, 0.6) is 5.75 Å². The number of pyridine rings is 1. The van der Waals surface area contributed by atoms with Crippen molar-refractivity contribution in [2.24, 2.45) is 0 Å². The van der Waals surface area contributed by atoms with E-state index in [0.717, 1.165) is 66.9 Å². The molecule has 1 aromatic heterocycles. The molecule has 3 atom stereocenters. The number of carboxylic acids is 1. The van der Waals surface area contributed by atoms with Gasteiger partial charge in [-0.1, -0.05) is 6.42 Å². The topological polar surface area (TPSA) is 89.9 Å². The van der Waals surface area contributed by atoms with E-state index in [1.165, 1.54) is 11.6 Å². The number of quaternary nitrogens is 1. The smallest absolute Gasteiger partial charge is 0.367 e. The van der Waals surface area contributed by atoms with Gasteiger partial charge in [-0.25, -0.2) is 14.2 Å². The number of methoxy groups -OCH3 is 1. The summed E-state index contributed by atoms with van der Waals surface area (Å²) < 4.78 is 32.8. The lowest BCUT2D eigenvalue weighted by Gasteiger charge is -2.57. The number of rotatable bonds is 9. The van der Waals surface area contributed by atoms with Gasteiger partial charge in [0.15, 0.2) is 6.10 Å². The lowest BCUT2D eigenvalue weighted by Crippen LogP contribution is -2.74. The summed E-state index contributed by atoms with van der Waals surface area (Å²) in [5, 5.41) is 13.7. The molecular weight excluding hydrogens is 501 g/mol. The van der Waals surface area contributed by atoms with Gasteiger partial charge < -0.3 is 24.6 Å². The lowest BCUT2D eigenvalue weighted by molar-refractivity contribution is -1.05. The van der Waals surface area contributed by atoms with Gasteiger partial charge in [-0.05, 0) is 63.1 Å². The summed E-state index contributed by atoms with van der Waals surface area (Å²) >= 11 is 0. The Morgan fingerprint density at radius 1 is 1.26 bits per heavy atom. The summed E-state index contributed by atoms with van der Waals surface area (Å²) in [6.07, 6.45) is 6.49. The van der Waals surface area contributed by atoms with Gasteiger partial charge in [-0.2, -0.15) is 0 Å². The van der Waals surface area contributed by atoms with Crippen LogP contribution in [-0.2, 0) is 39.3 Å². The van der Waals surface area contributed by atoms with Crippen LogP contribution in [0.1, 0.15) is 73.5 Å². The van der Waals surface area contributed by atoms with Gasteiger partial charge in [0.25, 0.3) is 0 Å². The number of fused-ring (bicyclic) bond motifs is 2. The summed E-state index contributed by atoms with van der Waals surface area (Å²) in [5.41, 5.74) is 3.75. The van der Waals surface area contributed by atoms with E-state index < -0.39 is 17.7 Å². The number of carbonyl (C=O) groups is 1. The van der Waals surface area contributed by atoms with Crippen LogP contribution in [0.2, 0.25) is 0 Å². The van der Waals surface area contributed by atoms with Crippen molar-refractivity contribution in [1.29, 1.82) is 0 Å².